The van der Waals surface area contributed by atoms with E-state index < -0.39 is 10.9 Å². The largest absolute Gasteiger partial charge is 0.497 e. The molecule has 120 valence electrons. The van der Waals surface area contributed by atoms with Crippen molar-refractivity contribution < 1.29 is 23.9 Å². The van der Waals surface area contributed by atoms with E-state index >= 15 is 0 Å². The van der Waals surface area contributed by atoms with E-state index in [4.69, 9.17) is 9.47 Å². The van der Waals surface area contributed by atoms with Crippen molar-refractivity contribution in [1.82, 2.24) is 0 Å². The molecule has 0 unspecified atom stereocenters. The Hall–Kier alpha value is -3.09. The van der Waals surface area contributed by atoms with E-state index in [0.717, 1.165) is 0 Å². The molecule has 2 aromatic rings. The molecule has 0 aromatic heterocycles. The molecule has 0 N–H and O–H groups in total. The van der Waals surface area contributed by atoms with Crippen molar-refractivity contribution in [3.05, 3.63) is 58.1 Å². The van der Waals surface area contributed by atoms with E-state index in [1.807, 2.05) is 0 Å². The summed E-state index contributed by atoms with van der Waals surface area (Å²) < 4.78 is 15.4. The van der Waals surface area contributed by atoms with Crippen LogP contribution < -0.4 is 9.47 Å². The van der Waals surface area contributed by atoms with Gasteiger partial charge in [-0.2, -0.15) is 0 Å². The Balaban J connectivity index is 2.31. The molecule has 2 aromatic carbocycles. The number of esters is 1. The fourth-order valence-corrected chi connectivity index (χ4v) is 1.92. The second-order valence-corrected chi connectivity index (χ2v) is 4.58. The lowest BCUT2D eigenvalue weighted by molar-refractivity contribution is -0.384. The summed E-state index contributed by atoms with van der Waals surface area (Å²) in [6.07, 6.45) is -0.121. The Morgan fingerprint density at radius 2 is 1.74 bits per heavy atom. The minimum Gasteiger partial charge on any atom is -0.497 e. The van der Waals surface area contributed by atoms with Crippen LogP contribution in [-0.2, 0) is 16.0 Å². The average Bonchev–Trinajstić information content (AvgIpc) is 2.56. The van der Waals surface area contributed by atoms with Gasteiger partial charge in [-0.25, -0.2) is 0 Å². The van der Waals surface area contributed by atoms with E-state index in [1.54, 1.807) is 31.4 Å². The molecule has 0 heterocycles. The van der Waals surface area contributed by atoms with Gasteiger partial charge in [0.05, 0.1) is 25.6 Å². The number of benzene rings is 2. The number of nitrogens with zero attached hydrogens (tertiary/aromatic N) is 1. The van der Waals surface area contributed by atoms with Crippen LogP contribution >= 0.6 is 0 Å². The van der Waals surface area contributed by atoms with Crippen LogP contribution in [0.2, 0.25) is 0 Å². The van der Waals surface area contributed by atoms with E-state index in [0.29, 0.717) is 22.8 Å². The van der Waals surface area contributed by atoms with E-state index in [2.05, 4.69) is 4.74 Å². The maximum Gasteiger partial charge on any atom is 0.310 e. The maximum atomic E-state index is 11.5. The molecule has 0 amide bonds. The summed E-state index contributed by atoms with van der Waals surface area (Å²) in [5, 5.41) is 10.9. The SMILES string of the molecule is COC(=O)Cc1cc([N+](=O)[O-])ccc1Oc1ccc(OC)cc1. The minimum absolute atomic E-state index is 0.119. The van der Waals surface area contributed by atoms with Gasteiger partial charge in [0.1, 0.15) is 17.2 Å². The van der Waals surface area contributed by atoms with Crippen LogP contribution in [0.5, 0.6) is 17.2 Å². The molecule has 0 radical (unpaired) electrons. The molecule has 0 fully saturated rings. The first kappa shape index (κ1) is 16.3. The van der Waals surface area contributed by atoms with Crippen molar-refractivity contribution in [2.45, 2.75) is 6.42 Å². The topological polar surface area (TPSA) is 87.9 Å². The Kier molecular flexibility index (Phi) is 5.14. The molecule has 0 bridgehead atoms. The highest BCUT2D eigenvalue weighted by molar-refractivity contribution is 5.74. The summed E-state index contributed by atoms with van der Waals surface area (Å²) in [4.78, 5) is 21.8. The molecule has 7 nitrogen and oxygen atoms in total. The van der Waals surface area contributed by atoms with Crippen LogP contribution in [0.1, 0.15) is 5.56 Å². The summed E-state index contributed by atoms with van der Waals surface area (Å²) in [5.41, 5.74) is 0.257. The van der Waals surface area contributed by atoms with Gasteiger partial charge in [0.25, 0.3) is 5.69 Å². The highest BCUT2D eigenvalue weighted by Gasteiger charge is 2.15. The molecule has 0 spiro atoms. The van der Waals surface area contributed by atoms with Gasteiger partial charge >= 0.3 is 5.97 Å². The third-order valence-electron chi connectivity index (χ3n) is 3.10. The lowest BCUT2D eigenvalue weighted by Gasteiger charge is -2.11. The quantitative estimate of drug-likeness (QED) is 0.462. The lowest BCUT2D eigenvalue weighted by Crippen LogP contribution is -2.06. The van der Waals surface area contributed by atoms with Crippen LogP contribution in [0, 0.1) is 10.1 Å². The van der Waals surface area contributed by atoms with Crippen LogP contribution in [0.25, 0.3) is 0 Å². The summed E-state index contributed by atoms with van der Waals surface area (Å²) in [5.74, 6) is 1.04. The molecule has 23 heavy (non-hydrogen) atoms. The monoisotopic (exact) mass is 317 g/mol. The van der Waals surface area contributed by atoms with Crippen molar-refractivity contribution >= 4 is 11.7 Å². The third-order valence-corrected chi connectivity index (χ3v) is 3.10. The highest BCUT2D eigenvalue weighted by Crippen LogP contribution is 2.30. The van der Waals surface area contributed by atoms with Crippen molar-refractivity contribution in [1.29, 1.82) is 0 Å². The molecule has 0 aliphatic rings. The fourth-order valence-electron chi connectivity index (χ4n) is 1.92. The van der Waals surface area contributed by atoms with Crippen LogP contribution in [0.3, 0.4) is 0 Å². The van der Waals surface area contributed by atoms with Crippen LogP contribution in [0.15, 0.2) is 42.5 Å². The first-order chi connectivity index (χ1) is 11.0. The van der Waals surface area contributed by atoms with Gasteiger partial charge in [-0.15, -0.1) is 0 Å². The Morgan fingerprint density at radius 3 is 2.30 bits per heavy atom. The van der Waals surface area contributed by atoms with Gasteiger partial charge in [0.15, 0.2) is 0 Å². The zero-order valence-electron chi connectivity index (χ0n) is 12.6. The molecule has 0 aliphatic carbocycles. The fraction of sp³-hybridized carbons (Fsp3) is 0.188. The van der Waals surface area contributed by atoms with Gasteiger partial charge < -0.3 is 14.2 Å². The Labute approximate surface area is 132 Å². The average molecular weight is 317 g/mol. The zero-order valence-corrected chi connectivity index (χ0v) is 12.6. The standard InChI is InChI=1S/C16H15NO6/c1-21-13-4-6-14(7-5-13)23-15-8-3-12(17(19)20)9-11(15)10-16(18)22-2/h3-9H,10H2,1-2H3. The molecule has 7 heteroatoms. The van der Waals surface area contributed by atoms with Crippen molar-refractivity contribution in [3.63, 3.8) is 0 Å². The maximum absolute atomic E-state index is 11.5. The second-order valence-electron chi connectivity index (χ2n) is 4.58. The number of hydrogen-bond donors (Lipinski definition) is 0. The Morgan fingerprint density at radius 1 is 1.09 bits per heavy atom. The number of nitro benzene ring substituents is 1. The molecular formula is C16H15NO6. The molecular weight excluding hydrogens is 302 g/mol. The van der Waals surface area contributed by atoms with Crippen molar-refractivity contribution in [2.24, 2.45) is 0 Å². The molecule has 0 atom stereocenters. The van der Waals surface area contributed by atoms with Gasteiger partial charge in [-0.05, 0) is 30.3 Å². The van der Waals surface area contributed by atoms with Gasteiger partial charge in [0.2, 0.25) is 0 Å². The minimum atomic E-state index is -0.530. The number of nitro groups is 1. The number of non-ortho nitro benzene ring substituents is 1. The normalized spacial score (nSPS) is 10.0. The zero-order chi connectivity index (χ0) is 16.8. The number of carbonyl (C=O) groups is 1. The number of rotatable bonds is 6. The van der Waals surface area contributed by atoms with Crippen LogP contribution in [0.4, 0.5) is 5.69 Å². The predicted octanol–water partition coefficient (Wildman–Crippen LogP) is 3.11. The number of hydrogen-bond acceptors (Lipinski definition) is 6. The number of methoxy groups -OCH3 is 2. The van der Waals surface area contributed by atoms with Crippen molar-refractivity contribution in [3.8, 4) is 17.2 Å². The van der Waals surface area contributed by atoms with Crippen molar-refractivity contribution in [2.75, 3.05) is 14.2 Å². The predicted molar refractivity (Wildman–Crippen MR) is 81.9 cm³/mol. The molecule has 0 saturated carbocycles. The summed E-state index contributed by atoms with van der Waals surface area (Å²) in [6, 6.07) is 10.9. The summed E-state index contributed by atoms with van der Waals surface area (Å²) in [6.45, 7) is 0. The first-order valence-corrected chi connectivity index (χ1v) is 6.69. The molecule has 0 saturated heterocycles. The van der Waals surface area contributed by atoms with Gasteiger partial charge in [-0.1, -0.05) is 0 Å². The molecule has 2 rings (SSSR count). The summed E-state index contributed by atoms with van der Waals surface area (Å²) >= 11 is 0. The third kappa shape index (κ3) is 4.19. The number of carbonyl (C=O) groups excluding carboxylic acids is 1. The van der Waals surface area contributed by atoms with Gasteiger partial charge in [-0.3, -0.25) is 14.9 Å². The van der Waals surface area contributed by atoms with Gasteiger partial charge in [0, 0.05) is 17.7 Å². The van der Waals surface area contributed by atoms with E-state index in [9.17, 15) is 14.9 Å². The Bertz CT molecular complexity index is 711. The lowest BCUT2D eigenvalue weighted by atomic mass is 10.1. The number of ether oxygens (including phenoxy) is 3. The van der Waals surface area contributed by atoms with E-state index in [1.165, 1.54) is 25.3 Å². The second kappa shape index (κ2) is 7.26. The van der Waals surface area contributed by atoms with E-state index in [-0.39, 0.29) is 12.1 Å². The highest BCUT2D eigenvalue weighted by atomic mass is 16.6. The van der Waals surface area contributed by atoms with Crippen LogP contribution in [-0.4, -0.2) is 25.1 Å². The molecule has 0 aliphatic heterocycles. The first-order valence-electron chi connectivity index (χ1n) is 6.69. The smallest absolute Gasteiger partial charge is 0.310 e. The summed E-state index contributed by atoms with van der Waals surface area (Å²) in [7, 11) is 2.81.